The summed E-state index contributed by atoms with van der Waals surface area (Å²) < 4.78 is 0. The first-order chi connectivity index (χ1) is 12.0. The fraction of sp³-hybridized carbons (Fsp3) is 0.643. The molecule has 0 aromatic carbocycles. The molecule has 0 fully saturated rings. The predicted molar refractivity (Wildman–Crippen MR) is 86.7 cm³/mol. The molecule has 0 aliphatic rings. The molecule has 0 radical (unpaired) electrons. The molecule has 8 N–H and O–H groups in total. The van der Waals surface area contributed by atoms with Gasteiger partial charge in [-0.1, -0.05) is 0 Å². The number of nitrogens with two attached hydrogens (primary N) is 1. The lowest BCUT2D eigenvalue weighted by Gasteiger charge is -2.22. The molecule has 0 heterocycles. The van der Waals surface area contributed by atoms with Gasteiger partial charge in [0, 0.05) is 6.42 Å². The van der Waals surface area contributed by atoms with E-state index in [2.05, 4.69) is 10.6 Å². The number of hydrogen-bond acceptors (Lipinski definition) is 7. The van der Waals surface area contributed by atoms with Crippen LogP contribution in [0, 0.1) is 0 Å². The summed E-state index contributed by atoms with van der Waals surface area (Å²) in [6.07, 6.45) is -1.87. The standard InChI is InChI=1S/C14H24N4O8/c1-6(17-14(26)11(15)7(2)19)12(24)18-8(3-4-9(20)21)13(25)16-5-10(22)23/h6-8,11,19H,3-5,15H2,1-2H3,(H,16,25)(H,17,26)(H,18,24)(H,20,21)(H,22,23). The van der Waals surface area contributed by atoms with Gasteiger partial charge in [-0.15, -0.1) is 0 Å². The Hall–Kier alpha value is -2.73. The van der Waals surface area contributed by atoms with Gasteiger partial charge in [-0.3, -0.25) is 24.0 Å². The average Bonchev–Trinajstić information content (AvgIpc) is 2.54. The van der Waals surface area contributed by atoms with E-state index in [0.29, 0.717) is 0 Å². The van der Waals surface area contributed by atoms with Crippen molar-refractivity contribution >= 4 is 29.7 Å². The zero-order valence-corrected chi connectivity index (χ0v) is 14.4. The van der Waals surface area contributed by atoms with Crippen LogP contribution >= 0.6 is 0 Å². The number of hydrogen-bond donors (Lipinski definition) is 7. The van der Waals surface area contributed by atoms with Crippen molar-refractivity contribution in [1.82, 2.24) is 16.0 Å². The van der Waals surface area contributed by atoms with Gasteiger partial charge in [0.05, 0.1) is 6.10 Å². The number of nitrogens with one attached hydrogen (secondary N) is 3. The van der Waals surface area contributed by atoms with Crippen molar-refractivity contribution < 1.29 is 39.3 Å². The first-order valence-electron chi connectivity index (χ1n) is 7.71. The maximum absolute atomic E-state index is 12.1. The summed E-state index contributed by atoms with van der Waals surface area (Å²) in [5.74, 6) is -4.99. The van der Waals surface area contributed by atoms with E-state index >= 15 is 0 Å². The van der Waals surface area contributed by atoms with E-state index in [4.69, 9.17) is 15.9 Å². The van der Waals surface area contributed by atoms with E-state index in [0.717, 1.165) is 0 Å². The largest absolute Gasteiger partial charge is 0.481 e. The third kappa shape index (κ3) is 8.94. The SMILES string of the molecule is CC(NC(=O)C(N)C(C)O)C(=O)NC(CCC(=O)O)C(=O)NCC(=O)O. The molecule has 3 amide bonds. The van der Waals surface area contributed by atoms with Crippen LogP contribution in [-0.2, 0) is 24.0 Å². The van der Waals surface area contributed by atoms with Gasteiger partial charge in [0.25, 0.3) is 0 Å². The van der Waals surface area contributed by atoms with Crippen molar-refractivity contribution in [2.75, 3.05) is 6.54 Å². The molecule has 12 heteroatoms. The third-order valence-electron chi connectivity index (χ3n) is 3.27. The normalized spacial score (nSPS) is 15.1. The van der Waals surface area contributed by atoms with Crippen LogP contribution in [0.5, 0.6) is 0 Å². The Morgan fingerprint density at radius 2 is 1.50 bits per heavy atom. The molecule has 4 unspecified atom stereocenters. The second-order valence-electron chi connectivity index (χ2n) is 5.60. The van der Waals surface area contributed by atoms with E-state index in [1.54, 1.807) is 0 Å². The Balaban J connectivity index is 4.86. The second kappa shape index (κ2) is 11.0. The van der Waals surface area contributed by atoms with E-state index in [1.807, 2.05) is 5.32 Å². The summed E-state index contributed by atoms with van der Waals surface area (Å²) >= 11 is 0. The molecule has 0 saturated carbocycles. The smallest absolute Gasteiger partial charge is 0.322 e. The van der Waals surface area contributed by atoms with Gasteiger partial charge in [0.1, 0.15) is 24.7 Å². The van der Waals surface area contributed by atoms with Crippen molar-refractivity contribution in [2.24, 2.45) is 5.73 Å². The summed E-state index contributed by atoms with van der Waals surface area (Å²) in [4.78, 5) is 56.9. The Labute approximate surface area is 149 Å². The number of carbonyl (C=O) groups excluding carboxylic acids is 3. The van der Waals surface area contributed by atoms with Crippen LogP contribution < -0.4 is 21.7 Å². The molecule has 148 valence electrons. The Morgan fingerprint density at radius 1 is 0.923 bits per heavy atom. The number of rotatable bonds is 11. The monoisotopic (exact) mass is 376 g/mol. The molecule has 0 aromatic rings. The molecule has 0 saturated heterocycles. The lowest BCUT2D eigenvalue weighted by Crippen LogP contribution is -2.56. The zero-order chi connectivity index (χ0) is 20.4. The number of carbonyl (C=O) groups is 5. The molecular formula is C14H24N4O8. The summed E-state index contributed by atoms with van der Waals surface area (Å²) in [5, 5.41) is 33.0. The van der Waals surface area contributed by atoms with Gasteiger partial charge < -0.3 is 37.0 Å². The number of carboxylic acid groups (broad SMARTS) is 2. The second-order valence-corrected chi connectivity index (χ2v) is 5.60. The molecular weight excluding hydrogens is 352 g/mol. The number of aliphatic hydroxyl groups excluding tert-OH is 1. The molecule has 0 rings (SSSR count). The van der Waals surface area contributed by atoms with Gasteiger partial charge >= 0.3 is 11.9 Å². The Bertz CT molecular complexity index is 551. The molecule has 0 aromatic heterocycles. The van der Waals surface area contributed by atoms with Crippen LogP contribution in [0.4, 0.5) is 0 Å². The van der Waals surface area contributed by atoms with Crippen LogP contribution in [0.25, 0.3) is 0 Å². The van der Waals surface area contributed by atoms with Crippen LogP contribution in [0.15, 0.2) is 0 Å². The maximum Gasteiger partial charge on any atom is 0.322 e. The lowest BCUT2D eigenvalue weighted by molar-refractivity contribution is -0.140. The summed E-state index contributed by atoms with van der Waals surface area (Å²) in [5.41, 5.74) is 5.43. The van der Waals surface area contributed by atoms with E-state index in [-0.39, 0.29) is 6.42 Å². The highest BCUT2D eigenvalue weighted by molar-refractivity contribution is 5.93. The first-order valence-corrected chi connectivity index (χ1v) is 7.71. The van der Waals surface area contributed by atoms with Crippen LogP contribution in [-0.4, -0.2) is 75.8 Å². The maximum atomic E-state index is 12.1. The summed E-state index contributed by atoms with van der Waals surface area (Å²) in [6.45, 7) is 1.89. The Kier molecular flexibility index (Phi) is 9.84. The van der Waals surface area contributed by atoms with Gasteiger partial charge in [-0.2, -0.15) is 0 Å². The average molecular weight is 376 g/mol. The van der Waals surface area contributed by atoms with Gasteiger partial charge in [0.15, 0.2) is 0 Å². The van der Waals surface area contributed by atoms with Gasteiger partial charge in [-0.05, 0) is 20.3 Å². The number of aliphatic hydroxyl groups is 1. The highest BCUT2D eigenvalue weighted by atomic mass is 16.4. The van der Waals surface area contributed by atoms with Crippen LogP contribution in [0.1, 0.15) is 26.7 Å². The summed E-state index contributed by atoms with van der Waals surface area (Å²) in [7, 11) is 0. The highest BCUT2D eigenvalue weighted by Crippen LogP contribution is 2.00. The molecule has 4 atom stereocenters. The third-order valence-corrected chi connectivity index (χ3v) is 3.27. The minimum absolute atomic E-state index is 0.277. The van der Waals surface area contributed by atoms with E-state index < -0.39 is 66.9 Å². The first kappa shape index (κ1) is 23.3. The van der Waals surface area contributed by atoms with Crippen molar-refractivity contribution in [3.05, 3.63) is 0 Å². The minimum Gasteiger partial charge on any atom is -0.481 e. The van der Waals surface area contributed by atoms with Crippen molar-refractivity contribution in [2.45, 2.75) is 50.9 Å². The van der Waals surface area contributed by atoms with Crippen molar-refractivity contribution in [3.63, 3.8) is 0 Å². The molecule has 26 heavy (non-hydrogen) atoms. The fourth-order valence-corrected chi connectivity index (χ4v) is 1.71. The number of amides is 3. The van der Waals surface area contributed by atoms with Gasteiger partial charge in [0.2, 0.25) is 17.7 Å². The van der Waals surface area contributed by atoms with Gasteiger partial charge in [-0.25, -0.2) is 0 Å². The number of aliphatic carboxylic acids is 2. The van der Waals surface area contributed by atoms with Crippen molar-refractivity contribution in [1.29, 1.82) is 0 Å². The van der Waals surface area contributed by atoms with Crippen molar-refractivity contribution in [3.8, 4) is 0 Å². The topological polar surface area (TPSA) is 208 Å². The summed E-state index contributed by atoms with van der Waals surface area (Å²) in [6, 6.07) is -3.69. The minimum atomic E-state index is -1.31. The molecule has 0 aliphatic heterocycles. The van der Waals surface area contributed by atoms with E-state index in [9.17, 15) is 29.1 Å². The van der Waals surface area contributed by atoms with E-state index in [1.165, 1.54) is 13.8 Å². The fourth-order valence-electron chi connectivity index (χ4n) is 1.71. The van der Waals surface area contributed by atoms with Crippen LogP contribution in [0.3, 0.4) is 0 Å². The molecule has 0 aliphatic carbocycles. The Morgan fingerprint density at radius 3 is 1.96 bits per heavy atom. The zero-order valence-electron chi connectivity index (χ0n) is 14.4. The molecule has 0 spiro atoms. The lowest BCUT2D eigenvalue weighted by atomic mass is 10.1. The number of carboxylic acids is 2. The molecule has 12 nitrogen and oxygen atoms in total. The highest BCUT2D eigenvalue weighted by Gasteiger charge is 2.27. The van der Waals surface area contributed by atoms with Crippen LogP contribution in [0.2, 0.25) is 0 Å². The quantitative estimate of drug-likeness (QED) is 0.193. The predicted octanol–water partition coefficient (Wildman–Crippen LogP) is -3.25. The molecule has 0 bridgehead atoms.